The number of carbonyl (C=O) groups excluding carboxylic acids is 1. The maximum atomic E-state index is 12.0. The average molecular weight is 403 g/mol. The second kappa shape index (κ2) is 10.5. The Balaban J connectivity index is 1.38. The molecule has 144 valence electrons. The van der Waals surface area contributed by atoms with Crippen LogP contribution in [-0.4, -0.2) is 28.4 Å². The van der Waals surface area contributed by atoms with Crippen LogP contribution in [0.4, 0.5) is 10.8 Å². The summed E-state index contributed by atoms with van der Waals surface area (Å²) in [6, 6.07) is 8.30. The van der Waals surface area contributed by atoms with Crippen molar-refractivity contribution in [1.82, 2.24) is 15.5 Å². The Kier molecular flexibility index (Phi) is 7.71. The maximum absolute atomic E-state index is 12.0. The summed E-state index contributed by atoms with van der Waals surface area (Å²) in [7, 11) is 0. The Morgan fingerprint density at radius 3 is 2.81 bits per heavy atom. The highest BCUT2D eigenvalue weighted by molar-refractivity contribution is 8.01. The van der Waals surface area contributed by atoms with Crippen LogP contribution in [0.15, 0.2) is 40.3 Å². The van der Waals surface area contributed by atoms with Crippen LogP contribution < -0.4 is 10.6 Å². The third kappa shape index (κ3) is 6.66. The zero-order valence-electron chi connectivity index (χ0n) is 15.7. The number of hydrogen-bond donors (Lipinski definition) is 2. The molecule has 1 amide bonds. The quantitative estimate of drug-likeness (QED) is 0.459. The number of thioether (sulfide) groups is 1. The van der Waals surface area contributed by atoms with Crippen molar-refractivity contribution in [2.45, 2.75) is 49.8 Å². The van der Waals surface area contributed by atoms with Gasteiger partial charge in [0.1, 0.15) is 0 Å². The van der Waals surface area contributed by atoms with Gasteiger partial charge in [-0.2, -0.15) is 0 Å². The number of aromatic nitrogens is 2. The first-order chi connectivity index (χ1) is 13.2. The van der Waals surface area contributed by atoms with Crippen molar-refractivity contribution in [1.29, 1.82) is 0 Å². The van der Waals surface area contributed by atoms with Crippen LogP contribution in [0.3, 0.4) is 0 Å². The van der Waals surface area contributed by atoms with Gasteiger partial charge < -0.3 is 10.6 Å². The van der Waals surface area contributed by atoms with Crippen LogP contribution in [0.2, 0.25) is 0 Å². The molecule has 0 aliphatic heterocycles. The number of aryl methyl sites for hydroxylation is 1. The lowest BCUT2D eigenvalue weighted by Gasteiger charge is -2.12. The van der Waals surface area contributed by atoms with Gasteiger partial charge in [-0.1, -0.05) is 53.8 Å². The molecular weight excluding hydrogens is 376 g/mol. The number of allylic oxidation sites excluding steroid dienone is 1. The lowest BCUT2D eigenvalue weighted by atomic mass is 9.97. The molecule has 27 heavy (non-hydrogen) atoms. The van der Waals surface area contributed by atoms with Crippen molar-refractivity contribution < 1.29 is 4.79 Å². The number of carbonyl (C=O) groups is 1. The van der Waals surface area contributed by atoms with E-state index < -0.39 is 0 Å². The first kappa shape index (κ1) is 19.9. The Morgan fingerprint density at radius 1 is 1.22 bits per heavy atom. The van der Waals surface area contributed by atoms with Crippen molar-refractivity contribution in [2.24, 2.45) is 0 Å². The monoisotopic (exact) mass is 402 g/mol. The molecule has 5 nitrogen and oxygen atoms in total. The molecule has 0 spiro atoms. The van der Waals surface area contributed by atoms with E-state index in [9.17, 15) is 4.79 Å². The fraction of sp³-hybridized carbons (Fsp3) is 0.450. The van der Waals surface area contributed by atoms with Crippen molar-refractivity contribution in [3.05, 3.63) is 41.5 Å². The van der Waals surface area contributed by atoms with Gasteiger partial charge in [0.05, 0.1) is 5.75 Å². The maximum Gasteiger partial charge on any atom is 0.230 e. The predicted octanol–water partition coefficient (Wildman–Crippen LogP) is 4.94. The molecule has 0 fully saturated rings. The number of benzene rings is 1. The van der Waals surface area contributed by atoms with E-state index >= 15 is 0 Å². The molecule has 1 aliphatic rings. The highest BCUT2D eigenvalue weighted by Crippen LogP contribution is 2.27. The minimum atomic E-state index is 0.0521. The molecule has 1 aromatic heterocycles. The molecule has 1 aliphatic carbocycles. The molecule has 0 radical (unpaired) electrons. The van der Waals surface area contributed by atoms with Crippen molar-refractivity contribution in [2.75, 3.05) is 17.6 Å². The van der Waals surface area contributed by atoms with Crippen LogP contribution in [-0.2, 0) is 11.2 Å². The van der Waals surface area contributed by atoms with Crippen LogP contribution in [0.5, 0.6) is 0 Å². The van der Waals surface area contributed by atoms with E-state index in [1.54, 1.807) is 0 Å². The Bertz CT molecular complexity index is 771. The van der Waals surface area contributed by atoms with Gasteiger partial charge in [0, 0.05) is 12.2 Å². The molecule has 0 saturated heterocycles. The van der Waals surface area contributed by atoms with Crippen molar-refractivity contribution in [3.8, 4) is 0 Å². The summed E-state index contributed by atoms with van der Waals surface area (Å²) < 4.78 is 0.799. The SMILES string of the molecule is CCc1ccc(Nc2nnc(SCC(=O)NCCC3=CCCCC3)s2)cc1. The zero-order valence-corrected chi connectivity index (χ0v) is 17.3. The normalized spacial score (nSPS) is 13.9. The molecule has 0 bridgehead atoms. The standard InChI is InChI=1S/C20H26N4OS2/c1-2-15-8-10-17(11-9-15)22-19-23-24-20(27-19)26-14-18(25)21-13-12-16-6-4-3-5-7-16/h6,8-11H,2-5,7,12-14H2,1H3,(H,21,25)(H,22,23). The molecule has 1 aromatic carbocycles. The third-order valence-corrected chi connectivity index (χ3v) is 6.47. The van der Waals surface area contributed by atoms with E-state index in [4.69, 9.17) is 0 Å². The first-order valence-corrected chi connectivity index (χ1v) is 11.3. The van der Waals surface area contributed by atoms with Gasteiger partial charge in [0.2, 0.25) is 11.0 Å². The topological polar surface area (TPSA) is 66.9 Å². The van der Waals surface area contributed by atoms with Gasteiger partial charge in [-0.15, -0.1) is 10.2 Å². The van der Waals surface area contributed by atoms with Gasteiger partial charge in [-0.05, 0) is 56.2 Å². The molecule has 3 rings (SSSR count). The Labute approximate surface area is 169 Å². The Hall–Kier alpha value is -1.86. The number of nitrogens with one attached hydrogen (secondary N) is 2. The van der Waals surface area contributed by atoms with Crippen LogP contribution in [0.25, 0.3) is 0 Å². The highest BCUT2D eigenvalue weighted by atomic mass is 32.2. The molecule has 0 saturated carbocycles. The molecular formula is C20H26N4OS2. The van der Waals surface area contributed by atoms with E-state index in [1.807, 2.05) is 12.1 Å². The summed E-state index contributed by atoms with van der Waals surface area (Å²) in [5.41, 5.74) is 3.79. The second-order valence-electron chi connectivity index (χ2n) is 6.55. The number of rotatable bonds is 9. The lowest BCUT2D eigenvalue weighted by molar-refractivity contribution is -0.118. The van der Waals surface area contributed by atoms with Crippen LogP contribution >= 0.6 is 23.1 Å². The second-order valence-corrected chi connectivity index (χ2v) is 8.75. The van der Waals surface area contributed by atoms with Crippen molar-refractivity contribution in [3.63, 3.8) is 0 Å². The molecule has 0 unspecified atom stereocenters. The summed E-state index contributed by atoms with van der Waals surface area (Å²) in [5, 5.41) is 15.3. The molecule has 7 heteroatoms. The van der Waals surface area contributed by atoms with Gasteiger partial charge in [-0.3, -0.25) is 4.79 Å². The lowest BCUT2D eigenvalue weighted by Crippen LogP contribution is -2.26. The Morgan fingerprint density at radius 2 is 2.07 bits per heavy atom. The van der Waals surface area contributed by atoms with Gasteiger partial charge in [-0.25, -0.2) is 0 Å². The van der Waals surface area contributed by atoms with E-state index in [0.29, 0.717) is 5.75 Å². The molecule has 0 atom stereocenters. The van der Waals surface area contributed by atoms with E-state index in [0.717, 1.165) is 34.5 Å². The number of hydrogen-bond acceptors (Lipinski definition) is 6. The van der Waals surface area contributed by atoms with Crippen molar-refractivity contribution >= 4 is 39.8 Å². The van der Waals surface area contributed by atoms with Gasteiger partial charge in [0.25, 0.3) is 0 Å². The smallest absolute Gasteiger partial charge is 0.230 e. The summed E-state index contributed by atoms with van der Waals surface area (Å²) in [6.07, 6.45) is 9.29. The fourth-order valence-electron chi connectivity index (χ4n) is 2.94. The molecule has 1 heterocycles. The van der Waals surface area contributed by atoms with Gasteiger partial charge in [0.15, 0.2) is 4.34 Å². The average Bonchev–Trinajstić information content (AvgIpc) is 3.15. The zero-order chi connectivity index (χ0) is 18.9. The van der Waals surface area contributed by atoms with Crippen LogP contribution in [0.1, 0.15) is 44.6 Å². The summed E-state index contributed by atoms with van der Waals surface area (Å²) >= 11 is 2.90. The number of amides is 1. The minimum Gasteiger partial charge on any atom is -0.355 e. The summed E-state index contributed by atoms with van der Waals surface area (Å²) in [5.74, 6) is 0.426. The van der Waals surface area contributed by atoms with E-state index in [1.165, 1.54) is 59.9 Å². The largest absolute Gasteiger partial charge is 0.355 e. The number of nitrogens with zero attached hydrogens (tertiary/aromatic N) is 2. The summed E-state index contributed by atoms with van der Waals surface area (Å²) in [4.78, 5) is 12.0. The summed E-state index contributed by atoms with van der Waals surface area (Å²) in [6.45, 7) is 2.86. The van der Waals surface area contributed by atoms with E-state index in [2.05, 4.69) is 46.0 Å². The molecule has 2 N–H and O–H groups in total. The highest BCUT2D eigenvalue weighted by Gasteiger charge is 2.09. The van der Waals surface area contributed by atoms with Crippen LogP contribution in [0, 0.1) is 0 Å². The molecule has 2 aromatic rings. The van der Waals surface area contributed by atoms with Gasteiger partial charge >= 0.3 is 0 Å². The first-order valence-electron chi connectivity index (χ1n) is 9.50. The van der Waals surface area contributed by atoms with E-state index in [-0.39, 0.29) is 5.91 Å². The predicted molar refractivity (Wildman–Crippen MR) is 114 cm³/mol. The number of anilines is 2. The third-order valence-electron chi connectivity index (χ3n) is 4.50. The minimum absolute atomic E-state index is 0.0521. The fourth-order valence-corrected chi connectivity index (χ4v) is 4.54.